The average Bonchev–Trinajstić information content (AvgIpc) is 2.47. The summed E-state index contributed by atoms with van der Waals surface area (Å²) in [6.07, 6.45) is 0.622. The Morgan fingerprint density at radius 1 is 1.10 bits per heavy atom. The number of rotatable bonds is 7. The molecule has 0 fully saturated rings. The summed E-state index contributed by atoms with van der Waals surface area (Å²) in [6, 6.07) is 6.97. The normalized spacial score (nSPS) is 11.6. The largest absolute Gasteiger partial charge is 0.491 e. The van der Waals surface area contributed by atoms with Crippen molar-refractivity contribution in [2.75, 3.05) is 13.1 Å². The fourth-order valence-electron chi connectivity index (χ4n) is 1.51. The Bertz CT molecular complexity index is 401. The van der Waals surface area contributed by atoms with E-state index in [2.05, 4.69) is 6.92 Å². The summed E-state index contributed by atoms with van der Waals surface area (Å²) < 4.78 is 5.65. The standard InChI is InChI=1S/C15H23NO4/c1-5-12(4)18-13-8-10-14(11-9-13)19-20-15(17)16(6-2)7-3/h8-12H,5-7H2,1-4H3. The second-order valence-electron chi connectivity index (χ2n) is 4.41. The van der Waals surface area contributed by atoms with Crippen molar-refractivity contribution in [2.24, 2.45) is 0 Å². The van der Waals surface area contributed by atoms with Gasteiger partial charge in [-0.15, -0.1) is 0 Å². The van der Waals surface area contributed by atoms with Crippen LogP contribution >= 0.6 is 0 Å². The molecule has 0 bridgehead atoms. The molecule has 0 aliphatic carbocycles. The Balaban J connectivity index is 2.47. The van der Waals surface area contributed by atoms with Gasteiger partial charge in [0.2, 0.25) is 0 Å². The van der Waals surface area contributed by atoms with Crippen LogP contribution in [0.25, 0.3) is 0 Å². The summed E-state index contributed by atoms with van der Waals surface area (Å²) in [4.78, 5) is 22.9. The van der Waals surface area contributed by atoms with Crippen molar-refractivity contribution < 1.29 is 19.3 Å². The molecule has 0 aliphatic rings. The molecule has 0 spiro atoms. The van der Waals surface area contributed by atoms with E-state index in [1.807, 2.05) is 20.8 Å². The van der Waals surface area contributed by atoms with Crippen molar-refractivity contribution in [3.05, 3.63) is 24.3 Å². The lowest BCUT2D eigenvalue weighted by Crippen LogP contribution is -2.31. The smallest absolute Gasteiger partial charge is 0.452 e. The molecule has 0 N–H and O–H groups in total. The van der Waals surface area contributed by atoms with Crippen LogP contribution in [0.1, 0.15) is 34.1 Å². The molecule has 0 radical (unpaired) electrons. The van der Waals surface area contributed by atoms with Crippen LogP contribution in [0.2, 0.25) is 0 Å². The molecule has 112 valence electrons. The predicted octanol–water partition coefficient (Wildman–Crippen LogP) is 3.64. The van der Waals surface area contributed by atoms with Gasteiger partial charge in [0.1, 0.15) is 5.75 Å². The minimum atomic E-state index is -0.491. The van der Waals surface area contributed by atoms with Crippen LogP contribution in [-0.4, -0.2) is 30.2 Å². The van der Waals surface area contributed by atoms with Crippen LogP contribution in [0.15, 0.2) is 24.3 Å². The predicted molar refractivity (Wildman–Crippen MR) is 76.9 cm³/mol. The van der Waals surface area contributed by atoms with Crippen molar-refractivity contribution in [2.45, 2.75) is 40.2 Å². The molecule has 0 saturated carbocycles. The van der Waals surface area contributed by atoms with Gasteiger partial charge in [0.25, 0.3) is 0 Å². The van der Waals surface area contributed by atoms with E-state index < -0.39 is 6.09 Å². The van der Waals surface area contributed by atoms with Crippen LogP contribution in [0.3, 0.4) is 0 Å². The molecule has 0 aliphatic heterocycles. The molecule has 1 aromatic rings. The van der Waals surface area contributed by atoms with Crippen LogP contribution in [0.4, 0.5) is 4.79 Å². The zero-order valence-corrected chi connectivity index (χ0v) is 12.6. The van der Waals surface area contributed by atoms with E-state index in [1.54, 1.807) is 24.3 Å². The molecular formula is C15H23NO4. The zero-order chi connectivity index (χ0) is 15.0. The lowest BCUT2D eigenvalue weighted by molar-refractivity contribution is -0.153. The topological polar surface area (TPSA) is 48.0 Å². The maximum absolute atomic E-state index is 11.6. The third-order valence-corrected chi connectivity index (χ3v) is 2.97. The highest BCUT2D eigenvalue weighted by atomic mass is 17.2. The minimum Gasteiger partial charge on any atom is -0.491 e. The highest BCUT2D eigenvalue weighted by Gasteiger charge is 2.12. The fraction of sp³-hybridized carbons (Fsp3) is 0.533. The first-order valence-electron chi connectivity index (χ1n) is 7.00. The SMILES string of the molecule is CCC(C)Oc1ccc(OOC(=O)N(CC)CC)cc1. The first kappa shape index (κ1) is 16.1. The molecule has 0 heterocycles. The number of hydrogen-bond donors (Lipinski definition) is 0. The molecule has 1 unspecified atom stereocenters. The van der Waals surface area contributed by atoms with Gasteiger partial charge in [-0.2, -0.15) is 0 Å². The molecular weight excluding hydrogens is 258 g/mol. The van der Waals surface area contributed by atoms with Gasteiger partial charge in [0.05, 0.1) is 6.10 Å². The average molecular weight is 281 g/mol. The van der Waals surface area contributed by atoms with Crippen molar-refractivity contribution >= 4 is 6.09 Å². The molecule has 1 aromatic carbocycles. The number of nitrogens with zero attached hydrogens (tertiary/aromatic N) is 1. The third-order valence-electron chi connectivity index (χ3n) is 2.97. The number of hydrogen-bond acceptors (Lipinski definition) is 4. The number of ether oxygens (including phenoxy) is 1. The van der Waals surface area contributed by atoms with Crippen molar-refractivity contribution in [1.82, 2.24) is 4.90 Å². The Kier molecular flexibility index (Phi) is 6.70. The van der Waals surface area contributed by atoms with E-state index in [9.17, 15) is 4.79 Å². The second kappa shape index (κ2) is 8.30. The summed E-state index contributed by atoms with van der Waals surface area (Å²) in [5.41, 5.74) is 0. The monoisotopic (exact) mass is 281 g/mol. The van der Waals surface area contributed by atoms with Gasteiger partial charge < -0.3 is 9.64 Å². The molecule has 5 heteroatoms. The van der Waals surface area contributed by atoms with Gasteiger partial charge in [-0.25, -0.2) is 9.68 Å². The number of amides is 1. The molecule has 0 saturated heterocycles. The Hall–Kier alpha value is -1.91. The number of carbonyl (C=O) groups excluding carboxylic acids is 1. The van der Waals surface area contributed by atoms with Crippen molar-refractivity contribution in [3.8, 4) is 11.5 Å². The zero-order valence-electron chi connectivity index (χ0n) is 12.6. The highest BCUT2D eigenvalue weighted by Crippen LogP contribution is 2.19. The third kappa shape index (κ3) is 4.99. The summed E-state index contributed by atoms with van der Waals surface area (Å²) in [6.45, 7) is 9.00. The lowest BCUT2D eigenvalue weighted by atomic mass is 10.3. The molecule has 5 nitrogen and oxygen atoms in total. The van der Waals surface area contributed by atoms with E-state index in [1.165, 1.54) is 4.90 Å². The molecule has 1 atom stereocenters. The van der Waals surface area contributed by atoms with Crippen LogP contribution in [-0.2, 0) is 4.89 Å². The quantitative estimate of drug-likeness (QED) is 0.565. The van der Waals surface area contributed by atoms with E-state index in [0.717, 1.165) is 12.2 Å². The first-order chi connectivity index (χ1) is 9.60. The van der Waals surface area contributed by atoms with Crippen LogP contribution < -0.4 is 9.62 Å². The van der Waals surface area contributed by atoms with Crippen LogP contribution in [0, 0.1) is 0 Å². The summed E-state index contributed by atoms with van der Waals surface area (Å²) in [5, 5.41) is 0. The van der Waals surface area contributed by atoms with Crippen molar-refractivity contribution in [1.29, 1.82) is 0 Å². The fourth-order valence-corrected chi connectivity index (χ4v) is 1.51. The minimum absolute atomic E-state index is 0.169. The second-order valence-corrected chi connectivity index (χ2v) is 4.41. The molecule has 20 heavy (non-hydrogen) atoms. The summed E-state index contributed by atoms with van der Waals surface area (Å²) in [5.74, 6) is 1.23. The first-order valence-corrected chi connectivity index (χ1v) is 7.00. The van der Waals surface area contributed by atoms with E-state index in [-0.39, 0.29) is 6.10 Å². The Morgan fingerprint density at radius 2 is 1.65 bits per heavy atom. The van der Waals surface area contributed by atoms with Gasteiger partial charge in [0, 0.05) is 13.1 Å². The van der Waals surface area contributed by atoms with Gasteiger partial charge in [-0.1, -0.05) is 6.92 Å². The highest BCUT2D eigenvalue weighted by molar-refractivity contribution is 5.66. The van der Waals surface area contributed by atoms with Gasteiger partial charge in [0.15, 0.2) is 5.75 Å². The van der Waals surface area contributed by atoms with E-state index >= 15 is 0 Å². The van der Waals surface area contributed by atoms with Gasteiger partial charge >= 0.3 is 6.09 Å². The Labute approximate surface area is 120 Å². The van der Waals surface area contributed by atoms with Gasteiger partial charge in [-0.05, 0) is 51.5 Å². The molecule has 1 rings (SSSR count). The maximum Gasteiger partial charge on any atom is 0.452 e. The van der Waals surface area contributed by atoms with Crippen LogP contribution in [0.5, 0.6) is 11.5 Å². The molecule has 0 aromatic heterocycles. The van der Waals surface area contributed by atoms with Gasteiger partial charge in [-0.3, -0.25) is 4.89 Å². The lowest BCUT2D eigenvalue weighted by Gasteiger charge is -2.16. The van der Waals surface area contributed by atoms with Crippen molar-refractivity contribution in [3.63, 3.8) is 0 Å². The Morgan fingerprint density at radius 3 is 2.15 bits per heavy atom. The summed E-state index contributed by atoms with van der Waals surface area (Å²) >= 11 is 0. The van der Waals surface area contributed by atoms with E-state index in [0.29, 0.717) is 18.8 Å². The number of carbonyl (C=O) groups is 1. The summed E-state index contributed by atoms with van der Waals surface area (Å²) in [7, 11) is 0. The maximum atomic E-state index is 11.6. The molecule has 1 amide bonds. The number of benzene rings is 1. The van der Waals surface area contributed by atoms with E-state index in [4.69, 9.17) is 14.5 Å².